The van der Waals surface area contributed by atoms with E-state index in [1.54, 1.807) is 19.2 Å². The summed E-state index contributed by atoms with van der Waals surface area (Å²) < 4.78 is 6.07. The molecule has 2 rings (SSSR count). The van der Waals surface area contributed by atoms with Crippen LogP contribution in [0.25, 0.3) is 0 Å². The number of carboxylic acids is 1. The van der Waals surface area contributed by atoms with Crippen molar-refractivity contribution in [2.24, 2.45) is 5.92 Å². The predicted octanol–water partition coefficient (Wildman–Crippen LogP) is 2.58. The maximum absolute atomic E-state index is 11.4. The zero-order valence-electron chi connectivity index (χ0n) is 10.1. The molecule has 1 aromatic rings. The molecule has 2 N–H and O–H groups in total. The van der Waals surface area contributed by atoms with Crippen LogP contribution in [0.3, 0.4) is 0 Å². The van der Waals surface area contributed by atoms with Gasteiger partial charge in [-0.1, -0.05) is 15.9 Å². The van der Waals surface area contributed by atoms with Crippen LogP contribution in [-0.2, 0) is 4.79 Å². The van der Waals surface area contributed by atoms with E-state index in [1.807, 2.05) is 6.07 Å². The van der Waals surface area contributed by atoms with Gasteiger partial charge in [-0.2, -0.15) is 0 Å². The number of methoxy groups -OCH3 is 1. The van der Waals surface area contributed by atoms with Crippen molar-refractivity contribution in [3.8, 4) is 5.75 Å². The lowest BCUT2D eigenvalue weighted by atomic mass is 10.1. The molecule has 0 aromatic heterocycles. The number of hydrogen-bond donors (Lipinski definition) is 2. The van der Waals surface area contributed by atoms with E-state index in [9.17, 15) is 9.90 Å². The minimum absolute atomic E-state index is 0.592. The molecule has 0 aliphatic heterocycles. The molecule has 1 atom stereocenters. The Morgan fingerprint density at radius 3 is 2.89 bits per heavy atom. The Kier molecular flexibility index (Phi) is 4.24. The number of nitrogens with one attached hydrogen (secondary N) is 1. The summed E-state index contributed by atoms with van der Waals surface area (Å²) in [6.45, 7) is 0.743. The molecule has 1 saturated carbocycles. The van der Waals surface area contributed by atoms with E-state index in [-0.39, 0.29) is 0 Å². The average molecular weight is 314 g/mol. The molecule has 0 bridgehead atoms. The Morgan fingerprint density at radius 1 is 1.61 bits per heavy atom. The first-order valence-corrected chi connectivity index (χ1v) is 6.70. The number of benzene rings is 1. The van der Waals surface area contributed by atoms with Crippen molar-refractivity contribution in [1.29, 1.82) is 0 Å². The quantitative estimate of drug-likeness (QED) is 0.847. The van der Waals surface area contributed by atoms with Gasteiger partial charge in [0.25, 0.3) is 0 Å². The van der Waals surface area contributed by atoms with Crippen LogP contribution in [0.2, 0.25) is 0 Å². The second-order valence-electron chi connectivity index (χ2n) is 4.51. The van der Waals surface area contributed by atoms with Gasteiger partial charge in [-0.05, 0) is 43.5 Å². The normalized spacial score (nSPS) is 16.3. The third-order valence-electron chi connectivity index (χ3n) is 3.06. The average Bonchev–Trinajstić information content (AvgIpc) is 3.13. The van der Waals surface area contributed by atoms with Crippen LogP contribution < -0.4 is 10.1 Å². The van der Waals surface area contributed by atoms with Gasteiger partial charge in [0.15, 0.2) is 0 Å². The van der Waals surface area contributed by atoms with Crippen LogP contribution in [-0.4, -0.2) is 24.7 Å². The Balaban J connectivity index is 2.21. The number of hydrogen-bond acceptors (Lipinski definition) is 3. The number of rotatable bonds is 6. The van der Waals surface area contributed by atoms with Crippen molar-refractivity contribution >= 4 is 21.9 Å². The first kappa shape index (κ1) is 13.4. The van der Waals surface area contributed by atoms with E-state index in [4.69, 9.17) is 4.74 Å². The van der Waals surface area contributed by atoms with Gasteiger partial charge in [0.2, 0.25) is 0 Å². The molecule has 1 unspecified atom stereocenters. The molecular weight excluding hydrogens is 298 g/mol. The standard InChI is InChI=1S/C13H16BrNO3/c1-18-11-5-4-9(14)6-10(11)12(13(16)17)15-7-8-2-3-8/h4-6,8,12,15H,2-3,7H2,1H3,(H,16,17). The second kappa shape index (κ2) is 5.71. The van der Waals surface area contributed by atoms with E-state index in [0.29, 0.717) is 17.2 Å². The molecule has 1 aromatic carbocycles. The summed E-state index contributed by atoms with van der Waals surface area (Å²) in [4.78, 5) is 11.4. The smallest absolute Gasteiger partial charge is 0.325 e. The van der Waals surface area contributed by atoms with Gasteiger partial charge in [0, 0.05) is 10.0 Å². The summed E-state index contributed by atoms with van der Waals surface area (Å²) in [5, 5.41) is 12.4. The highest BCUT2D eigenvalue weighted by atomic mass is 79.9. The monoisotopic (exact) mass is 313 g/mol. The fraction of sp³-hybridized carbons (Fsp3) is 0.462. The molecule has 1 fully saturated rings. The first-order chi connectivity index (χ1) is 8.61. The zero-order valence-corrected chi connectivity index (χ0v) is 11.7. The van der Waals surface area contributed by atoms with Crippen molar-refractivity contribution in [3.63, 3.8) is 0 Å². The SMILES string of the molecule is COc1ccc(Br)cc1C(NCC1CC1)C(=O)O. The minimum atomic E-state index is -0.882. The number of carboxylic acid groups (broad SMARTS) is 1. The molecule has 98 valence electrons. The van der Waals surface area contributed by atoms with Crippen LogP contribution >= 0.6 is 15.9 Å². The van der Waals surface area contributed by atoms with Gasteiger partial charge in [-0.3, -0.25) is 4.79 Å². The van der Waals surface area contributed by atoms with Crippen molar-refractivity contribution < 1.29 is 14.6 Å². The van der Waals surface area contributed by atoms with E-state index in [2.05, 4.69) is 21.2 Å². The lowest BCUT2D eigenvalue weighted by molar-refractivity contribution is -0.139. The first-order valence-electron chi connectivity index (χ1n) is 5.91. The number of carbonyl (C=O) groups is 1. The van der Waals surface area contributed by atoms with E-state index in [1.165, 1.54) is 12.8 Å². The van der Waals surface area contributed by atoms with Crippen LogP contribution in [0, 0.1) is 5.92 Å². The van der Waals surface area contributed by atoms with Crippen molar-refractivity contribution in [3.05, 3.63) is 28.2 Å². The molecule has 0 heterocycles. The highest BCUT2D eigenvalue weighted by molar-refractivity contribution is 9.10. The van der Waals surface area contributed by atoms with Crippen LogP contribution in [0.1, 0.15) is 24.4 Å². The highest BCUT2D eigenvalue weighted by Gasteiger charge is 2.27. The van der Waals surface area contributed by atoms with Crippen LogP contribution in [0.15, 0.2) is 22.7 Å². The van der Waals surface area contributed by atoms with E-state index >= 15 is 0 Å². The number of halogens is 1. The summed E-state index contributed by atoms with van der Waals surface area (Å²) in [6, 6.07) is 4.67. The number of aliphatic carboxylic acids is 1. The molecule has 0 amide bonds. The largest absolute Gasteiger partial charge is 0.496 e. The number of ether oxygens (including phenoxy) is 1. The maximum atomic E-state index is 11.4. The van der Waals surface area contributed by atoms with Gasteiger partial charge < -0.3 is 15.2 Å². The fourth-order valence-corrected chi connectivity index (χ4v) is 2.25. The Hall–Kier alpha value is -1.07. The van der Waals surface area contributed by atoms with Crippen LogP contribution in [0.5, 0.6) is 5.75 Å². The van der Waals surface area contributed by atoms with Gasteiger partial charge in [-0.15, -0.1) is 0 Å². The fourth-order valence-electron chi connectivity index (χ4n) is 1.87. The molecular formula is C13H16BrNO3. The molecule has 5 heteroatoms. The van der Waals surface area contributed by atoms with Crippen LogP contribution in [0.4, 0.5) is 0 Å². The summed E-state index contributed by atoms with van der Waals surface area (Å²) in [5.41, 5.74) is 0.653. The molecule has 18 heavy (non-hydrogen) atoms. The van der Waals surface area contributed by atoms with Gasteiger partial charge in [0.05, 0.1) is 7.11 Å². The Bertz CT molecular complexity index is 446. The topological polar surface area (TPSA) is 58.6 Å². The molecule has 0 radical (unpaired) electrons. The second-order valence-corrected chi connectivity index (χ2v) is 5.42. The van der Waals surface area contributed by atoms with Gasteiger partial charge in [-0.25, -0.2) is 0 Å². The highest BCUT2D eigenvalue weighted by Crippen LogP contribution is 2.31. The molecule has 1 aliphatic carbocycles. The third-order valence-corrected chi connectivity index (χ3v) is 3.55. The molecule has 1 aliphatic rings. The summed E-state index contributed by atoms with van der Waals surface area (Å²) >= 11 is 3.36. The van der Waals surface area contributed by atoms with Crippen molar-refractivity contribution in [2.75, 3.05) is 13.7 Å². The van der Waals surface area contributed by atoms with Gasteiger partial charge in [0.1, 0.15) is 11.8 Å². The summed E-state index contributed by atoms with van der Waals surface area (Å²) in [5.74, 6) is 0.339. The van der Waals surface area contributed by atoms with E-state index in [0.717, 1.165) is 11.0 Å². The predicted molar refractivity (Wildman–Crippen MR) is 71.8 cm³/mol. The summed E-state index contributed by atoms with van der Waals surface area (Å²) in [7, 11) is 1.55. The van der Waals surface area contributed by atoms with Crippen molar-refractivity contribution in [2.45, 2.75) is 18.9 Å². The lowest BCUT2D eigenvalue weighted by Crippen LogP contribution is -2.30. The third kappa shape index (κ3) is 3.23. The molecule has 0 spiro atoms. The van der Waals surface area contributed by atoms with E-state index < -0.39 is 12.0 Å². The maximum Gasteiger partial charge on any atom is 0.325 e. The summed E-state index contributed by atoms with van der Waals surface area (Å²) in [6.07, 6.45) is 2.38. The zero-order chi connectivity index (χ0) is 13.1. The Morgan fingerprint density at radius 2 is 2.33 bits per heavy atom. The molecule has 4 nitrogen and oxygen atoms in total. The van der Waals surface area contributed by atoms with Crippen molar-refractivity contribution in [1.82, 2.24) is 5.32 Å². The Labute approximate surface area is 114 Å². The molecule has 0 saturated heterocycles. The van der Waals surface area contributed by atoms with Gasteiger partial charge >= 0.3 is 5.97 Å². The lowest BCUT2D eigenvalue weighted by Gasteiger charge is -2.17. The minimum Gasteiger partial charge on any atom is -0.496 e.